The van der Waals surface area contributed by atoms with E-state index >= 15 is 0 Å². The highest BCUT2D eigenvalue weighted by atomic mass is 79.9. The van der Waals surface area contributed by atoms with Crippen molar-refractivity contribution in [3.05, 3.63) is 28.2 Å². The van der Waals surface area contributed by atoms with Crippen molar-refractivity contribution in [2.45, 2.75) is 38.1 Å². The molecule has 0 aliphatic heterocycles. The van der Waals surface area contributed by atoms with E-state index in [-0.39, 0.29) is 5.91 Å². The van der Waals surface area contributed by atoms with Gasteiger partial charge in [-0.2, -0.15) is 0 Å². The summed E-state index contributed by atoms with van der Waals surface area (Å²) in [5, 5.41) is 3.06. The molecule has 0 saturated heterocycles. The van der Waals surface area contributed by atoms with Gasteiger partial charge in [-0.1, -0.05) is 35.2 Å². The van der Waals surface area contributed by atoms with Crippen LogP contribution in [0.15, 0.2) is 22.7 Å². The Morgan fingerprint density at radius 2 is 2.00 bits per heavy atom. The van der Waals surface area contributed by atoms with E-state index in [1.165, 1.54) is 19.3 Å². The minimum atomic E-state index is -0.0595. The molecule has 0 radical (unpaired) electrons. The molecule has 1 aromatic carbocycles. The van der Waals surface area contributed by atoms with Crippen LogP contribution in [0.2, 0.25) is 0 Å². The quantitative estimate of drug-likeness (QED) is 0.824. The van der Waals surface area contributed by atoms with Crippen LogP contribution >= 0.6 is 15.9 Å². The van der Waals surface area contributed by atoms with Gasteiger partial charge in [-0.15, -0.1) is 0 Å². The molecule has 0 atom stereocenters. The molecule has 2 rings (SSSR count). The summed E-state index contributed by atoms with van der Waals surface area (Å²) in [7, 11) is 0. The Balaban J connectivity index is 2.05. The van der Waals surface area contributed by atoms with Crippen molar-refractivity contribution in [2.75, 3.05) is 5.73 Å². The summed E-state index contributed by atoms with van der Waals surface area (Å²) in [6, 6.07) is 5.68. The fourth-order valence-electron chi connectivity index (χ4n) is 2.24. The molecule has 1 fully saturated rings. The average Bonchev–Trinajstić information content (AvgIpc) is 2.33. The van der Waals surface area contributed by atoms with Crippen molar-refractivity contribution in [3.63, 3.8) is 0 Å². The zero-order valence-electron chi connectivity index (χ0n) is 9.71. The van der Waals surface area contributed by atoms with Crippen molar-refractivity contribution in [1.82, 2.24) is 5.32 Å². The van der Waals surface area contributed by atoms with Crippen LogP contribution in [-0.4, -0.2) is 11.9 Å². The first kappa shape index (κ1) is 12.4. The second-order valence-corrected chi connectivity index (χ2v) is 5.46. The Morgan fingerprint density at radius 1 is 1.29 bits per heavy atom. The lowest BCUT2D eigenvalue weighted by molar-refractivity contribution is 0.0928. The van der Waals surface area contributed by atoms with E-state index in [2.05, 4.69) is 21.2 Å². The maximum absolute atomic E-state index is 12.1. The summed E-state index contributed by atoms with van der Waals surface area (Å²) < 4.78 is 0.875. The predicted molar refractivity (Wildman–Crippen MR) is 72.9 cm³/mol. The van der Waals surface area contributed by atoms with E-state index in [1.807, 2.05) is 6.07 Å². The lowest BCUT2D eigenvalue weighted by Crippen LogP contribution is -2.36. The van der Waals surface area contributed by atoms with Crippen LogP contribution in [-0.2, 0) is 0 Å². The monoisotopic (exact) mass is 296 g/mol. The Morgan fingerprint density at radius 3 is 2.71 bits per heavy atom. The van der Waals surface area contributed by atoms with E-state index in [0.29, 0.717) is 17.3 Å². The highest BCUT2D eigenvalue weighted by Crippen LogP contribution is 2.21. The van der Waals surface area contributed by atoms with Crippen molar-refractivity contribution in [2.24, 2.45) is 0 Å². The van der Waals surface area contributed by atoms with E-state index in [9.17, 15) is 4.79 Å². The van der Waals surface area contributed by atoms with Gasteiger partial charge >= 0.3 is 0 Å². The van der Waals surface area contributed by atoms with Crippen LogP contribution in [0.1, 0.15) is 42.5 Å². The maximum Gasteiger partial charge on any atom is 0.253 e. The molecule has 1 aromatic rings. The zero-order valence-corrected chi connectivity index (χ0v) is 11.3. The third-order valence-corrected chi connectivity index (χ3v) is 3.69. The molecule has 0 bridgehead atoms. The van der Waals surface area contributed by atoms with Crippen molar-refractivity contribution >= 4 is 27.5 Å². The van der Waals surface area contributed by atoms with E-state index in [4.69, 9.17) is 5.73 Å². The van der Waals surface area contributed by atoms with Crippen LogP contribution in [0, 0.1) is 0 Å². The SMILES string of the molecule is Nc1ccc(Br)cc1C(=O)NC1CCCCC1. The van der Waals surface area contributed by atoms with Crippen LogP contribution in [0.4, 0.5) is 5.69 Å². The molecule has 3 N–H and O–H groups in total. The summed E-state index contributed by atoms with van der Waals surface area (Å²) in [6.07, 6.45) is 5.86. The number of rotatable bonds is 2. The second kappa shape index (κ2) is 5.54. The van der Waals surface area contributed by atoms with Crippen LogP contribution in [0.5, 0.6) is 0 Å². The molecule has 0 aromatic heterocycles. The van der Waals surface area contributed by atoms with Crippen molar-refractivity contribution in [3.8, 4) is 0 Å². The number of halogens is 1. The molecule has 0 spiro atoms. The summed E-state index contributed by atoms with van der Waals surface area (Å²) in [4.78, 5) is 12.1. The second-order valence-electron chi connectivity index (χ2n) is 4.54. The van der Waals surface area contributed by atoms with Gasteiger partial charge in [0, 0.05) is 16.2 Å². The molecule has 0 heterocycles. The zero-order chi connectivity index (χ0) is 12.3. The first-order valence-corrected chi connectivity index (χ1v) is 6.82. The molecule has 17 heavy (non-hydrogen) atoms. The number of benzene rings is 1. The highest BCUT2D eigenvalue weighted by molar-refractivity contribution is 9.10. The molecule has 3 nitrogen and oxygen atoms in total. The van der Waals surface area contributed by atoms with Gasteiger partial charge in [-0.05, 0) is 31.0 Å². The summed E-state index contributed by atoms with van der Waals surface area (Å²) in [6.45, 7) is 0. The molecule has 4 heteroatoms. The number of nitrogens with one attached hydrogen (secondary N) is 1. The van der Waals surface area contributed by atoms with Gasteiger partial charge in [0.2, 0.25) is 0 Å². The van der Waals surface area contributed by atoms with Gasteiger partial charge in [0.1, 0.15) is 0 Å². The van der Waals surface area contributed by atoms with E-state index in [0.717, 1.165) is 17.3 Å². The van der Waals surface area contributed by atoms with Crippen LogP contribution in [0.3, 0.4) is 0 Å². The molecule has 0 unspecified atom stereocenters. The third kappa shape index (κ3) is 3.22. The Hall–Kier alpha value is -1.03. The minimum Gasteiger partial charge on any atom is -0.398 e. The number of nitrogen functional groups attached to an aromatic ring is 1. The largest absolute Gasteiger partial charge is 0.398 e. The Kier molecular flexibility index (Phi) is 4.05. The maximum atomic E-state index is 12.1. The molecular weight excluding hydrogens is 280 g/mol. The first-order valence-electron chi connectivity index (χ1n) is 6.02. The van der Waals surface area contributed by atoms with Gasteiger partial charge in [-0.3, -0.25) is 4.79 Å². The lowest BCUT2D eigenvalue weighted by Gasteiger charge is -2.23. The molecule has 1 amide bonds. The predicted octanol–water partition coefficient (Wildman–Crippen LogP) is 3.09. The topological polar surface area (TPSA) is 55.1 Å². The first-order chi connectivity index (χ1) is 8.16. The number of hydrogen-bond acceptors (Lipinski definition) is 2. The van der Waals surface area contributed by atoms with Gasteiger partial charge in [0.05, 0.1) is 5.56 Å². The third-order valence-electron chi connectivity index (χ3n) is 3.20. The minimum absolute atomic E-state index is 0.0595. The number of nitrogens with two attached hydrogens (primary N) is 1. The molecule has 1 saturated carbocycles. The fraction of sp³-hybridized carbons (Fsp3) is 0.462. The Labute approximate surface area is 110 Å². The summed E-state index contributed by atoms with van der Waals surface area (Å²) in [5.41, 5.74) is 6.90. The number of anilines is 1. The standard InChI is InChI=1S/C13H17BrN2O/c14-9-6-7-12(15)11(8-9)13(17)16-10-4-2-1-3-5-10/h6-8,10H,1-5,15H2,(H,16,17). The van der Waals surface area contributed by atoms with Gasteiger partial charge in [0.25, 0.3) is 5.91 Å². The molecular formula is C13H17BrN2O. The fourth-order valence-corrected chi connectivity index (χ4v) is 2.60. The molecule has 1 aliphatic rings. The molecule has 1 aliphatic carbocycles. The van der Waals surface area contributed by atoms with E-state index < -0.39 is 0 Å². The summed E-state index contributed by atoms with van der Waals surface area (Å²) >= 11 is 3.35. The molecule has 92 valence electrons. The summed E-state index contributed by atoms with van der Waals surface area (Å²) in [5.74, 6) is -0.0595. The number of hydrogen-bond donors (Lipinski definition) is 2. The van der Waals surface area contributed by atoms with Crippen LogP contribution < -0.4 is 11.1 Å². The normalized spacial score (nSPS) is 16.8. The average molecular weight is 297 g/mol. The highest BCUT2D eigenvalue weighted by Gasteiger charge is 2.18. The van der Waals surface area contributed by atoms with Gasteiger partial charge < -0.3 is 11.1 Å². The number of amides is 1. The van der Waals surface area contributed by atoms with Gasteiger partial charge in [0.15, 0.2) is 0 Å². The number of carbonyl (C=O) groups excluding carboxylic acids is 1. The van der Waals surface area contributed by atoms with Crippen molar-refractivity contribution < 1.29 is 4.79 Å². The lowest BCUT2D eigenvalue weighted by atomic mass is 9.95. The van der Waals surface area contributed by atoms with E-state index in [1.54, 1.807) is 12.1 Å². The van der Waals surface area contributed by atoms with Crippen LogP contribution in [0.25, 0.3) is 0 Å². The Bertz CT molecular complexity index is 414. The smallest absolute Gasteiger partial charge is 0.253 e. The van der Waals surface area contributed by atoms with Crippen molar-refractivity contribution in [1.29, 1.82) is 0 Å². The van der Waals surface area contributed by atoms with Gasteiger partial charge in [-0.25, -0.2) is 0 Å². The number of carbonyl (C=O) groups is 1.